The lowest BCUT2D eigenvalue weighted by atomic mass is 9.82. The van der Waals surface area contributed by atoms with Crippen LogP contribution in [0, 0.1) is 19.8 Å². The van der Waals surface area contributed by atoms with Crippen LogP contribution in [-0.2, 0) is 4.74 Å². The number of carbonyl (C=O) groups is 1. The van der Waals surface area contributed by atoms with Crippen molar-refractivity contribution in [3.8, 4) is 0 Å². The highest BCUT2D eigenvalue weighted by atomic mass is 16.5. The molecule has 2 fully saturated rings. The Labute approximate surface area is 143 Å². The fourth-order valence-corrected chi connectivity index (χ4v) is 4.75. The zero-order valence-corrected chi connectivity index (χ0v) is 15.0. The van der Waals surface area contributed by atoms with E-state index in [4.69, 9.17) is 9.15 Å². The fraction of sp³-hybridized carbons (Fsp3) is 0.684. The van der Waals surface area contributed by atoms with E-state index in [1.807, 2.05) is 0 Å². The third kappa shape index (κ3) is 3.27. The van der Waals surface area contributed by atoms with Crippen molar-refractivity contribution in [2.75, 3.05) is 26.7 Å². The number of hydrogen-bond donors (Lipinski definition) is 0. The second-order valence-corrected chi connectivity index (χ2v) is 7.67. The number of aryl methyl sites for hydroxylation is 2. The lowest BCUT2D eigenvalue weighted by molar-refractivity contribution is -0.947. The maximum atomic E-state index is 12.5. The molecule has 2 saturated heterocycles. The molecule has 0 saturated carbocycles. The fourth-order valence-electron chi connectivity index (χ4n) is 4.75. The van der Waals surface area contributed by atoms with Crippen molar-refractivity contribution in [2.24, 2.45) is 5.92 Å². The van der Waals surface area contributed by atoms with Crippen LogP contribution in [0.2, 0.25) is 0 Å². The van der Waals surface area contributed by atoms with Gasteiger partial charge in [0.15, 0.2) is 0 Å². The number of nitrogens with zero attached hydrogens (tertiary/aromatic N) is 1. The van der Waals surface area contributed by atoms with Crippen molar-refractivity contribution >= 4 is 5.97 Å². The minimum absolute atomic E-state index is 0.340. The van der Waals surface area contributed by atoms with Crippen LogP contribution in [0.5, 0.6) is 0 Å². The number of carbonyl (C=O) groups excluding carboxylic acids is 1. The van der Waals surface area contributed by atoms with Gasteiger partial charge in [-0.3, -0.25) is 0 Å². The lowest BCUT2D eigenvalue weighted by Crippen LogP contribution is -2.61. The molecule has 0 aromatic carbocycles. The standard InChI is InChI=1S/C19H28NO4/c1-13-11-17(21)24-14(2)18(13)19(22)23-12-15-7-6-10-20(3)9-5-4-8-16(15)20/h11,15-16H,4-10,12H2,1-3H3/q+1/t15-,16+,20-/m0/s1. The number of quaternary nitrogens is 1. The monoisotopic (exact) mass is 334 g/mol. The number of piperidine rings is 2. The molecule has 2 aliphatic heterocycles. The highest BCUT2D eigenvalue weighted by Crippen LogP contribution is 2.36. The van der Waals surface area contributed by atoms with E-state index in [1.54, 1.807) is 13.8 Å². The van der Waals surface area contributed by atoms with Crippen molar-refractivity contribution in [1.82, 2.24) is 0 Å². The summed E-state index contributed by atoms with van der Waals surface area (Å²) in [6.07, 6.45) is 6.16. The predicted octanol–water partition coefficient (Wildman–Crippen LogP) is 2.82. The zero-order chi connectivity index (χ0) is 17.3. The summed E-state index contributed by atoms with van der Waals surface area (Å²) in [6.45, 7) is 6.35. The van der Waals surface area contributed by atoms with Crippen LogP contribution in [0.4, 0.5) is 0 Å². The Kier molecular flexibility index (Phi) is 4.81. The summed E-state index contributed by atoms with van der Waals surface area (Å²) >= 11 is 0. The first kappa shape index (κ1) is 17.2. The number of hydrogen-bond acceptors (Lipinski definition) is 4. The molecule has 0 unspecified atom stereocenters. The van der Waals surface area contributed by atoms with Gasteiger partial charge in [0.1, 0.15) is 17.9 Å². The van der Waals surface area contributed by atoms with Crippen molar-refractivity contribution in [3.05, 3.63) is 33.4 Å². The molecule has 0 amide bonds. The number of esters is 1. The van der Waals surface area contributed by atoms with Gasteiger partial charge in [-0.1, -0.05) is 0 Å². The van der Waals surface area contributed by atoms with Crippen molar-refractivity contribution < 1.29 is 18.4 Å². The molecule has 0 radical (unpaired) electrons. The predicted molar refractivity (Wildman–Crippen MR) is 91.0 cm³/mol. The Balaban J connectivity index is 1.69. The summed E-state index contributed by atoms with van der Waals surface area (Å²) in [5.41, 5.74) is 0.589. The van der Waals surface area contributed by atoms with E-state index in [2.05, 4.69) is 7.05 Å². The van der Waals surface area contributed by atoms with Crippen molar-refractivity contribution in [1.29, 1.82) is 0 Å². The topological polar surface area (TPSA) is 56.5 Å². The highest BCUT2D eigenvalue weighted by Gasteiger charge is 2.43. The van der Waals surface area contributed by atoms with Gasteiger partial charge in [0.05, 0.1) is 26.2 Å². The Morgan fingerprint density at radius 2 is 2.00 bits per heavy atom. The Bertz CT molecular complexity index is 650. The molecule has 2 aliphatic rings. The Morgan fingerprint density at radius 3 is 2.75 bits per heavy atom. The van der Waals surface area contributed by atoms with Gasteiger partial charge in [-0.05, 0) is 45.1 Å². The molecule has 3 heterocycles. The summed E-state index contributed by atoms with van der Waals surface area (Å²) in [5.74, 6) is 0.403. The number of rotatable bonds is 3. The minimum Gasteiger partial charge on any atom is -0.461 e. The van der Waals surface area contributed by atoms with Crippen LogP contribution in [0.3, 0.4) is 0 Å². The van der Waals surface area contributed by atoms with Crippen LogP contribution < -0.4 is 5.63 Å². The molecule has 1 aromatic heterocycles. The maximum Gasteiger partial charge on any atom is 0.341 e. The van der Waals surface area contributed by atoms with Crippen LogP contribution in [-0.4, -0.2) is 43.2 Å². The van der Waals surface area contributed by atoms with E-state index in [0.29, 0.717) is 35.5 Å². The molecule has 0 aliphatic carbocycles. The van der Waals surface area contributed by atoms with Gasteiger partial charge in [-0.2, -0.15) is 0 Å². The number of ether oxygens (including phenoxy) is 1. The summed E-state index contributed by atoms with van der Waals surface area (Å²) in [7, 11) is 2.36. The first-order valence-electron chi connectivity index (χ1n) is 9.03. The molecule has 0 spiro atoms. The molecule has 5 nitrogen and oxygen atoms in total. The minimum atomic E-state index is -0.427. The first-order chi connectivity index (χ1) is 11.4. The molecule has 132 valence electrons. The van der Waals surface area contributed by atoms with E-state index in [1.165, 1.54) is 44.8 Å². The van der Waals surface area contributed by atoms with Gasteiger partial charge < -0.3 is 13.6 Å². The molecular formula is C19H28NO4+. The van der Waals surface area contributed by atoms with Gasteiger partial charge in [0.25, 0.3) is 0 Å². The van der Waals surface area contributed by atoms with Gasteiger partial charge >= 0.3 is 11.6 Å². The molecule has 0 N–H and O–H groups in total. The van der Waals surface area contributed by atoms with Crippen LogP contribution in [0.15, 0.2) is 15.3 Å². The van der Waals surface area contributed by atoms with E-state index in [-0.39, 0.29) is 5.97 Å². The van der Waals surface area contributed by atoms with Gasteiger partial charge in [0, 0.05) is 18.4 Å². The Morgan fingerprint density at radius 1 is 1.25 bits per heavy atom. The highest BCUT2D eigenvalue weighted by molar-refractivity contribution is 5.91. The Hall–Kier alpha value is -1.62. The average Bonchev–Trinajstić information content (AvgIpc) is 2.51. The van der Waals surface area contributed by atoms with E-state index >= 15 is 0 Å². The quantitative estimate of drug-likeness (QED) is 0.630. The van der Waals surface area contributed by atoms with E-state index in [0.717, 1.165) is 10.9 Å². The molecule has 3 rings (SSSR count). The summed E-state index contributed by atoms with van der Waals surface area (Å²) < 4.78 is 11.8. The van der Waals surface area contributed by atoms with Crippen molar-refractivity contribution in [2.45, 2.75) is 52.0 Å². The zero-order valence-electron chi connectivity index (χ0n) is 15.0. The molecule has 0 bridgehead atoms. The van der Waals surface area contributed by atoms with Crippen LogP contribution >= 0.6 is 0 Å². The first-order valence-corrected chi connectivity index (χ1v) is 9.03. The molecule has 3 atom stereocenters. The third-order valence-corrected chi connectivity index (χ3v) is 5.97. The summed E-state index contributed by atoms with van der Waals surface area (Å²) in [4.78, 5) is 23.9. The second-order valence-electron chi connectivity index (χ2n) is 7.67. The van der Waals surface area contributed by atoms with Gasteiger partial charge in [-0.25, -0.2) is 9.59 Å². The van der Waals surface area contributed by atoms with Gasteiger partial charge in [0.2, 0.25) is 0 Å². The average molecular weight is 334 g/mol. The SMILES string of the molecule is Cc1cc(=O)oc(C)c1C(=O)OC[C@@H]1CCC[N@+]2(C)CCCC[C@H]12. The van der Waals surface area contributed by atoms with E-state index < -0.39 is 5.63 Å². The van der Waals surface area contributed by atoms with E-state index in [9.17, 15) is 9.59 Å². The second kappa shape index (κ2) is 6.71. The number of fused-ring (bicyclic) bond motifs is 1. The van der Waals surface area contributed by atoms with Crippen molar-refractivity contribution in [3.63, 3.8) is 0 Å². The molecule has 5 heteroatoms. The smallest absolute Gasteiger partial charge is 0.341 e. The van der Waals surface area contributed by atoms with Gasteiger partial charge in [-0.15, -0.1) is 0 Å². The maximum absolute atomic E-state index is 12.5. The molecule has 24 heavy (non-hydrogen) atoms. The summed E-state index contributed by atoms with van der Waals surface area (Å²) in [5, 5.41) is 0. The lowest BCUT2D eigenvalue weighted by Gasteiger charge is -2.51. The molecular weight excluding hydrogens is 306 g/mol. The third-order valence-electron chi connectivity index (χ3n) is 5.97. The molecule has 1 aromatic rings. The van der Waals surface area contributed by atoms with Crippen LogP contribution in [0.25, 0.3) is 0 Å². The van der Waals surface area contributed by atoms with Crippen LogP contribution in [0.1, 0.15) is 53.8 Å². The largest absolute Gasteiger partial charge is 0.461 e. The normalized spacial score (nSPS) is 29.8. The summed E-state index contributed by atoms with van der Waals surface area (Å²) in [6, 6.07) is 1.95.